The number of aryl methyl sites for hydroxylation is 1. The quantitative estimate of drug-likeness (QED) is 0.639. The summed E-state index contributed by atoms with van der Waals surface area (Å²) in [5.74, 6) is 0.549. The minimum Gasteiger partial charge on any atom is -0.399 e. The Kier molecular flexibility index (Phi) is 3.09. The first-order chi connectivity index (χ1) is 8.56. The molecule has 6 heteroatoms. The molecule has 0 aliphatic rings. The Labute approximate surface area is 104 Å². The van der Waals surface area contributed by atoms with Crippen LogP contribution in [-0.4, -0.2) is 9.91 Å². The van der Waals surface area contributed by atoms with E-state index in [2.05, 4.69) is 10.3 Å². The van der Waals surface area contributed by atoms with E-state index in [0.29, 0.717) is 22.8 Å². The van der Waals surface area contributed by atoms with E-state index < -0.39 is 4.92 Å². The summed E-state index contributed by atoms with van der Waals surface area (Å²) >= 11 is 0. The van der Waals surface area contributed by atoms with Crippen molar-refractivity contribution in [1.82, 2.24) is 4.98 Å². The van der Waals surface area contributed by atoms with Gasteiger partial charge in [0.2, 0.25) is 0 Å². The summed E-state index contributed by atoms with van der Waals surface area (Å²) in [6, 6.07) is 8.24. The van der Waals surface area contributed by atoms with E-state index in [1.54, 1.807) is 37.4 Å². The number of nitrogens with one attached hydrogen (secondary N) is 1. The zero-order valence-corrected chi connectivity index (χ0v) is 9.75. The molecule has 0 spiro atoms. The van der Waals surface area contributed by atoms with Gasteiger partial charge in [0.25, 0.3) is 5.69 Å². The summed E-state index contributed by atoms with van der Waals surface area (Å²) in [7, 11) is 0. The lowest BCUT2D eigenvalue weighted by Gasteiger charge is -2.06. The number of benzene rings is 1. The lowest BCUT2D eigenvalue weighted by Crippen LogP contribution is -1.97. The van der Waals surface area contributed by atoms with Crippen molar-refractivity contribution < 1.29 is 4.92 Å². The molecular weight excluding hydrogens is 232 g/mol. The highest BCUT2D eigenvalue weighted by molar-refractivity contribution is 5.63. The molecule has 0 amide bonds. The molecule has 0 aliphatic heterocycles. The van der Waals surface area contributed by atoms with Crippen LogP contribution in [0.5, 0.6) is 0 Å². The van der Waals surface area contributed by atoms with Gasteiger partial charge in [-0.15, -0.1) is 0 Å². The SMILES string of the molecule is Cc1ccc(Nc2cc(N)ccn2)cc1[N+](=O)[O-]. The number of nitro groups is 1. The van der Waals surface area contributed by atoms with Gasteiger partial charge in [0.1, 0.15) is 5.82 Å². The predicted molar refractivity (Wildman–Crippen MR) is 69.8 cm³/mol. The number of hydrogen-bond donors (Lipinski definition) is 2. The number of nitrogens with zero attached hydrogens (tertiary/aromatic N) is 2. The Balaban J connectivity index is 2.30. The molecule has 1 aromatic heterocycles. The number of nitro benzene ring substituents is 1. The largest absolute Gasteiger partial charge is 0.399 e. The summed E-state index contributed by atoms with van der Waals surface area (Å²) in [5, 5.41) is 13.8. The van der Waals surface area contributed by atoms with E-state index in [0.717, 1.165) is 0 Å². The second-order valence-electron chi connectivity index (χ2n) is 3.86. The van der Waals surface area contributed by atoms with Crippen molar-refractivity contribution in [3.8, 4) is 0 Å². The lowest BCUT2D eigenvalue weighted by molar-refractivity contribution is -0.385. The molecule has 0 aliphatic carbocycles. The van der Waals surface area contributed by atoms with E-state index in [9.17, 15) is 10.1 Å². The third-order valence-corrected chi connectivity index (χ3v) is 2.46. The van der Waals surface area contributed by atoms with Crippen molar-refractivity contribution >= 4 is 22.9 Å². The van der Waals surface area contributed by atoms with Crippen LogP contribution in [0.25, 0.3) is 0 Å². The molecular formula is C12H12N4O2. The molecule has 0 saturated heterocycles. The number of anilines is 3. The number of rotatable bonds is 3. The van der Waals surface area contributed by atoms with Crippen LogP contribution in [0.4, 0.5) is 22.9 Å². The summed E-state index contributed by atoms with van der Waals surface area (Å²) in [6.07, 6.45) is 1.57. The van der Waals surface area contributed by atoms with Crippen LogP contribution in [-0.2, 0) is 0 Å². The van der Waals surface area contributed by atoms with Crippen molar-refractivity contribution in [2.75, 3.05) is 11.1 Å². The van der Waals surface area contributed by atoms with Gasteiger partial charge in [0.05, 0.1) is 4.92 Å². The smallest absolute Gasteiger partial charge is 0.274 e. The van der Waals surface area contributed by atoms with Crippen molar-refractivity contribution in [3.63, 3.8) is 0 Å². The number of nitrogens with two attached hydrogens (primary N) is 1. The molecule has 18 heavy (non-hydrogen) atoms. The molecule has 0 radical (unpaired) electrons. The Hall–Kier alpha value is -2.63. The summed E-state index contributed by atoms with van der Waals surface area (Å²) in [4.78, 5) is 14.5. The standard InChI is InChI=1S/C12H12N4O2/c1-8-2-3-10(7-11(8)16(17)18)15-12-6-9(13)4-5-14-12/h2-7H,1H3,(H3,13,14,15). The minimum atomic E-state index is -0.409. The molecule has 0 saturated carbocycles. The first-order valence-corrected chi connectivity index (χ1v) is 5.30. The van der Waals surface area contributed by atoms with Crippen LogP contribution in [0.3, 0.4) is 0 Å². The maximum absolute atomic E-state index is 10.8. The average Bonchev–Trinajstić information content (AvgIpc) is 2.31. The monoisotopic (exact) mass is 244 g/mol. The normalized spacial score (nSPS) is 10.1. The van der Waals surface area contributed by atoms with Crippen molar-refractivity contribution in [3.05, 3.63) is 52.2 Å². The fraction of sp³-hybridized carbons (Fsp3) is 0.0833. The highest BCUT2D eigenvalue weighted by atomic mass is 16.6. The van der Waals surface area contributed by atoms with Crippen LogP contribution in [0.2, 0.25) is 0 Å². The fourth-order valence-corrected chi connectivity index (χ4v) is 1.55. The average molecular weight is 244 g/mol. The van der Waals surface area contributed by atoms with E-state index in [1.165, 1.54) is 6.07 Å². The third-order valence-electron chi connectivity index (χ3n) is 2.46. The Morgan fingerprint density at radius 2 is 2.11 bits per heavy atom. The molecule has 6 nitrogen and oxygen atoms in total. The van der Waals surface area contributed by atoms with E-state index in [-0.39, 0.29) is 5.69 Å². The lowest BCUT2D eigenvalue weighted by atomic mass is 10.2. The maximum atomic E-state index is 10.8. The topological polar surface area (TPSA) is 94.1 Å². The molecule has 1 aromatic carbocycles. The summed E-state index contributed by atoms with van der Waals surface area (Å²) in [6.45, 7) is 1.70. The molecule has 0 bridgehead atoms. The number of hydrogen-bond acceptors (Lipinski definition) is 5. The molecule has 3 N–H and O–H groups in total. The fourth-order valence-electron chi connectivity index (χ4n) is 1.55. The van der Waals surface area contributed by atoms with Crippen LogP contribution < -0.4 is 11.1 Å². The van der Waals surface area contributed by atoms with Gasteiger partial charge < -0.3 is 11.1 Å². The Morgan fingerprint density at radius 3 is 2.78 bits per heavy atom. The first-order valence-electron chi connectivity index (χ1n) is 5.30. The molecule has 2 rings (SSSR count). The van der Waals surface area contributed by atoms with Crippen LogP contribution >= 0.6 is 0 Å². The van der Waals surface area contributed by atoms with E-state index in [1.807, 2.05) is 0 Å². The first kappa shape index (κ1) is 11.8. The maximum Gasteiger partial charge on any atom is 0.274 e. The number of nitrogen functional groups attached to an aromatic ring is 1. The van der Waals surface area contributed by atoms with E-state index >= 15 is 0 Å². The van der Waals surface area contributed by atoms with Crippen molar-refractivity contribution in [2.24, 2.45) is 0 Å². The van der Waals surface area contributed by atoms with Crippen LogP contribution in [0, 0.1) is 17.0 Å². The van der Waals surface area contributed by atoms with Gasteiger partial charge in [-0.3, -0.25) is 10.1 Å². The molecule has 0 fully saturated rings. The van der Waals surface area contributed by atoms with Crippen molar-refractivity contribution in [1.29, 1.82) is 0 Å². The molecule has 2 aromatic rings. The highest BCUT2D eigenvalue weighted by Crippen LogP contribution is 2.24. The number of aromatic nitrogens is 1. The van der Waals surface area contributed by atoms with Crippen LogP contribution in [0.15, 0.2) is 36.5 Å². The summed E-state index contributed by atoms with van der Waals surface area (Å²) in [5.41, 5.74) is 7.50. The predicted octanol–water partition coefficient (Wildman–Crippen LogP) is 2.62. The van der Waals surface area contributed by atoms with Gasteiger partial charge >= 0.3 is 0 Å². The van der Waals surface area contributed by atoms with Gasteiger partial charge in [-0.2, -0.15) is 0 Å². The second kappa shape index (κ2) is 4.70. The van der Waals surface area contributed by atoms with Gasteiger partial charge in [-0.05, 0) is 19.1 Å². The van der Waals surface area contributed by atoms with Gasteiger partial charge in [0.15, 0.2) is 0 Å². The number of pyridine rings is 1. The Bertz CT molecular complexity index is 598. The highest BCUT2D eigenvalue weighted by Gasteiger charge is 2.11. The van der Waals surface area contributed by atoms with Crippen molar-refractivity contribution in [2.45, 2.75) is 6.92 Å². The minimum absolute atomic E-state index is 0.0731. The molecule has 92 valence electrons. The van der Waals surface area contributed by atoms with Crippen LogP contribution in [0.1, 0.15) is 5.56 Å². The zero-order valence-electron chi connectivity index (χ0n) is 9.75. The zero-order chi connectivity index (χ0) is 13.1. The van der Waals surface area contributed by atoms with E-state index in [4.69, 9.17) is 5.73 Å². The third kappa shape index (κ3) is 2.54. The van der Waals surface area contributed by atoms with Gasteiger partial charge in [0, 0.05) is 35.3 Å². The van der Waals surface area contributed by atoms with Gasteiger partial charge in [-0.1, -0.05) is 6.07 Å². The second-order valence-corrected chi connectivity index (χ2v) is 3.86. The van der Waals surface area contributed by atoms with Gasteiger partial charge in [-0.25, -0.2) is 4.98 Å². The molecule has 0 atom stereocenters. The summed E-state index contributed by atoms with van der Waals surface area (Å²) < 4.78 is 0. The Morgan fingerprint density at radius 1 is 1.33 bits per heavy atom. The molecule has 0 unspecified atom stereocenters. The molecule has 1 heterocycles.